The molecule has 150 valence electrons. The van der Waals surface area contributed by atoms with Crippen molar-refractivity contribution >= 4 is 34.4 Å². The Kier molecular flexibility index (Phi) is 7.88. The number of hydrogen-bond donors (Lipinski definition) is 3. The number of nitrogens with one attached hydrogen (secondary N) is 3. The van der Waals surface area contributed by atoms with Crippen molar-refractivity contribution in [2.75, 3.05) is 18.5 Å². The highest BCUT2D eigenvalue weighted by Crippen LogP contribution is 2.26. The molecule has 28 heavy (non-hydrogen) atoms. The number of nitrogens with zero attached hydrogens (tertiary/aromatic N) is 2. The van der Waals surface area contributed by atoms with E-state index < -0.39 is 23.9 Å². The molecule has 1 unspecified atom stereocenters. The monoisotopic (exact) mass is 405 g/mol. The highest BCUT2D eigenvalue weighted by Gasteiger charge is 2.25. The first-order valence-electron chi connectivity index (χ1n) is 8.80. The van der Waals surface area contributed by atoms with E-state index in [9.17, 15) is 14.4 Å². The molecule has 1 atom stereocenters. The summed E-state index contributed by atoms with van der Waals surface area (Å²) in [7, 11) is 0. The minimum Gasteiger partial charge on any atom is -0.465 e. The zero-order chi connectivity index (χ0) is 20.5. The van der Waals surface area contributed by atoms with Gasteiger partial charge in [0.1, 0.15) is 17.6 Å². The fourth-order valence-corrected chi connectivity index (χ4v) is 3.00. The quantitative estimate of drug-likeness (QED) is 0.578. The van der Waals surface area contributed by atoms with Crippen molar-refractivity contribution in [2.24, 2.45) is 5.92 Å². The van der Waals surface area contributed by atoms with Crippen LogP contribution in [-0.4, -0.2) is 47.3 Å². The second-order valence-electron chi connectivity index (χ2n) is 6.12. The third-order valence-electron chi connectivity index (χ3n) is 3.61. The van der Waals surface area contributed by atoms with Crippen LogP contribution in [0.3, 0.4) is 0 Å². The zero-order valence-corrected chi connectivity index (χ0v) is 16.7. The number of anilines is 1. The van der Waals surface area contributed by atoms with E-state index >= 15 is 0 Å². The average molecular weight is 405 g/mol. The second kappa shape index (κ2) is 10.4. The van der Waals surface area contributed by atoms with Gasteiger partial charge in [0.25, 0.3) is 0 Å². The molecule has 0 spiro atoms. The van der Waals surface area contributed by atoms with E-state index in [4.69, 9.17) is 4.74 Å². The maximum Gasteiger partial charge on any atom is 0.325 e. The molecule has 0 fully saturated rings. The van der Waals surface area contributed by atoms with Gasteiger partial charge in [-0.05, 0) is 12.8 Å². The zero-order valence-electron chi connectivity index (χ0n) is 15.9. The van der Waals surface area contributed by atoms with Gasteiger partial charge >= 0.3 is 12.0 Å². The minimum atomic E-state index is -0.814. The van der Waals surface area contributed by atoms with E-state index in [1.54, 1.807) is 20.8 Å². The predicted octanol–water partition coefficient (Wildman–Crippen LogP) is 2.03. The van der Waals surface area contributed by atoms with Crippen LogP contribution in [0.4, 0.5) is 9.93 Å². The number of rotatable bonds is 8. The first kappa shape index (κ1) is 21.3. The van der Waals surface area contributed by atoms with Crippen LogP contribution in [0.5, 0.6) is 0 Å². The molecule has 9 nitrogen and oxygen atoms in total. The molecule has 3 N–H and O–H groups in total. The Balaban J connectivity index is 1.95. The summed E-state index contributed by atoms with van der Waals surface area (Å²) in [6.45, 7) is 5.22. The number of hydrogen-bond acceptors (Lipinski definition) is 7. The summed E-state index contributed by atoms with van der Waals surface area (Å²) in [6, 6.07) is 8.04. The molecule has 1 aromatic heterocycles. The van der Waals surface area contributed by atoms with E-state index in [0.29, 0.717) is 10.1 Å². The Bertz CT molecular complexity index is 809. The van der Waals surface area contributed by atoms with Gasteiger partial charge < -0.3 is 15.4 Å². The Labute approximate surface area is 166 Å². The lowest BCUT2D eigenvalue weighted by atomic mass is 10.0. The molecule has 0 aliphatic heterocycles. The van der Waals surface area contributed by atoms with Crippen LogP contribution in [0.1, 0.15) is 20.8 Å². The number of carbonyl (C=O) groups excluding carboxylic acids is 3. The predicted molar refractivity (Wildman–Crippen MR) is 106 cm³/mol. The maximum absolute atomic E-state index is 12.6. The lowest BCUT2D eigenvalue weighted by molar-refractivity contribution is -0.141. The van der Waals surface area contributed by atoms with E-state index in [-0.39, 0.29) is 19.1 Å². The summed E-state index contributed by atoms with van der Waals surface area (Å²) in [4.78, 5) is 35.9. The van der Waals surface area contributed by atoms with Crippen molar-refractivity contribution in [1.82, 2.24) is 20.8 Å². The molecule has 1 aromatic carbocycles. The topological polar surface area (TPSA) is 122 Å². The smallest absolute Gasteiger partial charge is 0.325 e. The normalized spacial score (nSPS) is 11.6. The van der Waals surface area contributed by atoms with Crippen molar-refractivity contribution in [3.8, 4) is 10.6 Å². The molecule has 10 heteroatoms. The number of esters is 1. The van der Waals surface area contributed by atoms with Gasteiger partial charge in [-0.1, -0.05) is 55.5 Å². The SMILES string of the molecule is CCOC(=O)CNC(=O)NC(C(=O)Nc1nnc(-c2ccccc2)s1)C(C)C. The number of benzene rings is 1. The minimum absolute atomic E-state index is 0.185. The van der Waals surface area contributed by atoms with Gasteiger partial charge in [0.2, 0.25) is 11.0 Å². The van der Waals surface area contributed by atoms with Gasteiger partial charge in [0, 0.05) is 5.56 Å². The standard InChI is InChI=1S/C18H23N5O4S/c1-4-27-13(24)10-19-17(26)20-14(11(2)3)15(25)21-18-23-22-16(28-18)12-8-6-5-7-9-12/h5-9,11,14H,4,10H2,1-3H3,(H2,19,20,26)(H,21,23,25). The summed E-state index contributed by atoms with van der Waals surface area (Å²) < 4.78 is 4.74. The van der Waals surface area contributed by atoms with E-state index in [0.717, 1.165) is 5.56 Å². The fourth-order valence-electron chi connectivity index (χ4n) is 2.25. The lowest BCUT2D eigenvalue weighted by Gasteiger charge is -2.21. The Hall–Kier alpha value is -3.01. The Morgan fingerprint density at radius 3 is 2.50 bits per heavy atom. The van der Waals surface area contributed by atoms with Crippen molar-refractivity contribution in [2.45, 2.75) is 26.8 Å². The Morgan fingerprint density at radius 1 is 1.14 bits per heavy atom. The third kappa shape index (κ3) is 6.31. The van der Waals surface area contributed by atoms with Gasteiger partial charge in [0.15, 0.2) is 0 Å². The number of amides is 3. The van der Waals surface area contributed by atoms with Crippen molar-refractivity contribution in [1.29, 1.82) is 0 Å². The van der Waals surface area contributed by atoms with Crippen molar-refractivity contribution < 1.29 is 19.1 Å². The van der Waals surface area contributed by atoms with Gasteiger partial charge in [-0.2, -0.15) is 0 Å². The number of aromatic nitrogens is 2. The van der Waals surface area contributed by atoms with E-state index in [1.165, 1.54) is 11.3 Å². The largest absolute Gasteiger partial charge is 0.465 e. The summed E-state index contributed by atoms with van der Waals surface area (Å²) in [5, 5.41) is 16.7. The van der Waals surface area contributed by atoms with Gasteiger partial charge in [-0.15, -0.1) is 10.2 Å². The summed E-state index contributed by atoms with van der Waals surface area (Å²) in [5.41, 5.74) is 0.900. The number of urea groups is 1. The maximum atomic E-state index is 12.6. The molecule has 3 amide bonds. The van der Waals surface area contributed by atoms with Crippen LogP contribution in [0.2, 0.25) is 0 Å². The van der Waals surface area contributed by atoms with Crippen molar-refractivity contribution in [3.63, 3.8) is 0 Å². The summed E-state index contributed by atoms with van der Waals surface area (Å²) >= 11 is 1.24. The van der Waals surface area contributed by atoms with E-state index in [1.807, 2.05) is 30.3 Å². The third-order valence-corrected chi connectivity index (χ3v) is 4.50. The average Bonchev–Trinajstić information content (AvgIpc) is 3.13. The summed E-state index contributed by atoms with van der Waals surface area (Å²) in [5.74, 6) is -1.16. The number of ether oxygens (including phenoxy) is 1. The molecule has 2 aromatic rings. The van der Waals surface area contributed by atoms with Crippen LogP contribution in [0, 0.1) is 5.92 Å². The fraction of sp³-hybridized carbons (Fsp3) is 0.389. The molecule has 0 aliphatic rings. The van der Waals surface area contributed by atoms with E-state index in [2.05, 4.69) is 26.1 Å². The second-order valence-corrected chi connectivity index (χ2v) is 7.10. The molecular formula is C18H23N5O4S. The van der Waals surface area contributed by atoms with Crippen LogP contribution >= 0.6 is 11.3 Å². The highest BCUT2D eigenvalue weighted by molar-refractivity contribution is 7.18. The molecule has 0 aliphatic carbocycles. The molecule has 0 saturated carbocycles. The first-order chi connectivity index (χ1) is 13.4. The molecule has 0 radical (unpaired) electrons. The first-order valence-corrected chi connectivity index (χ1v) is 9.62. The number of carbonyl (C=O) groups is 3. The lowest BCUT2D eigenvalue weighted by Crippen LogP contribution is -2.51. The van der Waals surface area contributed by atoms with Crippen molar-refractivity contribution in [3.05, 3.63) is 30.3 Å². The molecular weight excluding hydrogens is 382 g/mol. The highest BCUT2D eigenvalue weighted by atomic mass is 32.1. The molecule has 2 rings (SSSR count). The van der Waals surface area contributed by atoms with Crippen LogP contribution in [0.15, 0.2) is 30.3 Å². The van der Waals surface area contributed by atoms with Gasteiger partial charge in [0.05, 0.1) is 6.61 Å². The van der Waals surface area contributed by atoms with Crippen LogP contribution < -0.4 is 16.0 Å². The van der Waals surface area contributed by atoms with Gasteiger partial charge in [-0.3, -0.25) is 14.9 Å². The molecule has 0 saturated heterocycles. The Morgan fingerprint density at radius 2 is 1.86 bits per heavy atom. The van der Waals surface area contributed by atoms with Crippen LogP contribution in [-0.2, 0) is 14.3 Å². The van der Waals surface area contributed by atoms with Crippen LogP contribution in [0.25, 0.3) is 10.6 Å². The summed E-state index contributed by atoms with van der Waals surface area (Å²) in [6.07, 6.45) is 0. The van der Waals surface area contributed by atoms with Gasteiger partial charge in [-0.25, -0.2) is 4.79 Å². The molecule has 1 heterocycles. The molecule has 0 bridgehead atoms.